The van der Waals surface area contributed by atoms with Crippen molar-refractivity contribution in [3.63, 3.8) is 0 Å². The van der Waals surface area contributed by atoms with Gasteiger partial charge in [0.1, 0.15) is 4.60 Å². The molecule has 0 amide bonds. The lowest BCUT2D eigenvalue weighted by Gasteiger charge is -2.44. The Morgan fingerprint density at radius 2 is 2.04 bits per heavy atom. The maximum absolute atomic E-state index is 11.8. The molecule has 1 aromatic rings. The van der Waals surface area contributed by atoms with Crippen LogP contribution in [-0.4, -0.2) is 42.5 Å². The van der Waals surface area contributed by atoms with Gasteiger partial charge in [-0.25, -0.2) is 14.6 Å². The molecule has 23 heavy (non-hydrogen) atoms. The molecule has 0 atom stereocenters. The van der Waals surface area contributed by atoms with Crippen LogP contribution in [0, 0.1) is 12.3 Å². The van der Waals surface area contributed by atoms with E-state index in [1.165, 1.54) is 0 Å². The molecule has 0 aromatic carbocycles. The Labute approximate surface area is 140 Å². The molecule has 1 N–H and O–H groups in total. The Kier molecular flexibility index (Phi) is 4.07. The maximum Gasteiger partial charge on any atom is 0.356 e. The fraction of sp³-hybridized carbons (Fsp3) is 0.267. The van der Waals surface area contributed by atoms with Crippen LogP contribution in [0.5, 0.6) is 0 Å². The van der Waals surface area contributed by atoms with Crippen LogP contribution in [0.1, 0.15) is 5.56 Å². The third-order valence-electron chi connectivity index (χ3n) is 3.44. The molecule has 1 fully saturated rings. The van der Waals surface area contributed by atoms with E-state index < -0.39 is 17.8 Å². The molecule has 3 heterocycles. The molecule has 0 radical (unpaired) electrons. The zero-order valence-electron chi connectivity index (χ0n) is 11.9. The second kappa shape index (κ2) is 6.02. The first-order chi connectivity index (χ1) is 11.0. The van der Waals surface area contributed by atoms with Gasteiger partial charge in [0.15, 0.2) is 0 Å². The summed E-state index contributed by atoms with van der Waals surface area (Å²) in [6.45, 7) is 1.19. The molecule has 0 bridgehead atoms. The largest absolute Gasteiger partial charge is 0.399 e. The molecule has 118 valence electrons. The zero-order chi connectivity index (χ0) is 16.4. The summed E-state index contributed by atoms with van der Waals surface area (Å²) in [6.07, 6.45) is 9.10. The van der Waals surface area contributed by atoms with E-state index >= 15 is 0 Å². The van der Waals surface area contributed by atoms with Crippen molar-refractivity contribution in [2.45, 2.75) is 5.91 Å². The summed E-state index contributed by atoms with van der Waals surface area (Å²) in [5, 5.41) is 3.06. The minimum absolute atomic E-state index is 0.133. The third kappa shape index (κ3) is 2.93. The van der Waals surface area contributed by atoms with Gasteiger partial charge in [0.2, 0.25) is 0 Å². The Morgan fingerprint density at radius 1 is 1.35 bits per heavy atom. The molecule has 0 aliphatic carbocycles. The Morgan fingerprint density at radius 3 is 2.70 bits per heavy atom. The van der Waals surface area contributed by atoms with Gasteiger partial charge in [-0.05, 0) is 22.0 Å². The molecule has 3 rings (SSSR count). The predicted molar refractivity (Wildman–Crippen MR) is 84.1 cm³/mol. The highest BCUT2D eigenvalue weighted by molar-refractivity contribution is 9.10. The lowest BCUT2D eigenvalue weighted by molar-refractivity contribution is -0.221. The van der Waals surface area contributed by atoms with E-state index in [0.29, 0.717) is 28.9 Å². The van der Waals surface area contributed by atoms with Crippen LogP contribution in [-0.2, 0) is 19.1 Å². The second-order valence-electron chi connectivity index (χ2n) is 4.89. The molecule has 1 saturated heterocycles. The van der Waals surface area contributed by atoms with Crippen molar-refractivity contribution < 1.29 is 19.1 Å². The van der Waals surface area contributed by atoms with Crippen molar-refractivity contribution in [1.29, 1.82) is 0 Å². The number of esters is 2. The van der Waals surface area contributed by atoms with Gasteiger partial charge in [-0.1, -0.05) is 5.92 Å². The third-order valence-corrected chi connectivity index (χ3v) is 4.07. The van der Waals surface area contributed by atoms with Gasteiger partial charge in [-0.3, -0.25) is 4.90 Å². The van der Waals surface area contributed by atoms with Crippen LogP contribution in [0.3, 0.4) is 0 Å². The fourth-order valence-corrected chi connectivity index (χ4v) is 2.77. The first kappa shape index (κ1) is 15.5. The average Bonchev–Trinajstić information content (AvgIpc) is 2.67. The molecule has 1 spiro atoms. The summed E-state index contributed by atoms with van der Waals surface area (Å²) in [5.41, 5.74) is 1.13. The number of aromatic nitrogens is 1. The summed E-state index contributed by atoms with van der Waals surface area (Å²) in [4.78, 5) is 29.4. The van der Waals surface area contributed by atoms with Crippen LogP contribution < -0.4 is 10.2 Å². The Balaban J connectivity index is 2.03. The van der Waals surface area contributed by atoms with E-state index in [2.05, 4.69) is 32.2 Å². The van der Waals surface area contributed by atoms with Gasteiger partial charge in [0.25, 0.3) is 0 Å². The van der Waals surface area contributed by atoms with E-state index in [0.717, 1.165) is 12.2 Å². The van der Waals surface area contributed by atoms with Crippen molar-refractivity contribution in [1.82, 2.24) is 10.3 Å². The van der Waals surface area contributed by atoms with Crippen molar-refractivity contribution in [2.24, 2.45) is 0 Å². The number of pyridine rings is 1. The standard InChI is InChI=1S/C15H12BrN3O4/c1-2-10-7-11(8-18-14(10)16)19-6-5-17-9-15(19)22-12(20)3-4-13(21)23-15/h1,3-4,7-8,17H,5-6,9H2. The highest BCUT2D eigenvalue weighted by atomic mass is 79.9. The van der Waals surface area contributed by atoms with E-state index in [4.69, 9.17) is 15.9 Å². The summed E-state index contributed by atoms with van der Waals surface area (Å²) in [5.74, 6) is -0.376. The molecule has 8 heteroatoms. The number of hydrogen-bond acceptors (Lipinski definition) is 7. The Hall–Kier alpha value is -2.37. The zero-order valence-corrected chi connectivity index (χ0v) is 13.5. The minimum Gasteiger partial charge on any atom is -0.399 e. The number of rotatable bonds is 1. The van der Waals surface area contributed by atoms with Crippen LogP contribution in [0.15, 0.2) is 29.0 Å². The van der Waals surface area contributed by atoms with Gasteiger partial charge in [0, 0.05) is 25.2 Å². The maximum atomic E-state index is 11.8. The highest BCUT2D eigenvalue weighted by Gasteiger charge is 2.48. The number of halogens is 1. The van der Waals surface area contributed by atoms with Gasteiger partial charge in [-0.2, -0.15) is 0 Å². The lowest BCUT2D eigenvalue weighted by Crippen LogP contribution is -2.65. The average molecular weight is 378 g/mol. The van der Waals surface area contributed by atoms with Gasteiger partial charge < -0.3 is 14.8 Å². The highest BCUT2D eigenvalue weighted by Crippen LogP contribution is 2.31. The van der Waals surface area contributed by atoms with Crippen LogP contribution in [0.25, 0.3) is 0 Å². The smallest absolute Gasteiger partial charge is 0.356 e. The van der Waals surface area contributed by atoms with Crippen LogP contribution >= 0.6 is 15.9 Å². The van der Waals surface area contributed by atoms with Crippen molar-refractivity contribution in [3.8, 4) is 12.3 Å². The van der Waals surface area contributed by atoms with E-state index in [1.54, 1.807) is 17.2 Å². The number of nitrogens with zero attached hydrogens (tertiary/aromatic N) is 2. The number of carbonyl (C=O) groups excluding carboxylic acids is 2. The summed E-state index contributed by atoms with van der Waals surface area (Å²) < 4.78 is 11.3. The quantitative estimate of drug-likeness (QED) is 0.434. The number of hydrogen-bond donors (Lipinski definition) is 1. The van der Waals surface area contributed by atoms with E-state index in [1.807, 2.05) is 0 Å². The van der Waals surface area contributed by atoms with E-state index in [-0.39, 0.29) is 6.54 Å². The molecule has 7 nitrogen and oxygen atoms in total. The normalized spacial score (nSPS) is 19.7. The predicted octanol–water partition coefficient (Wildman–Crippen LogP) is 0.545. The molecule has 1 aromatic heterocycles. The van der Waals surface area contributed by atoms with E-state index in [9.17, 15) is 9.59 Å². The number of piperazine rings is 1. The summed E-state index contributed by atoms with van der Waals surface area (Å²) in [7, 11) is 0. The molecule has 2 aliphatic rings. The van der Waals surface area contributed by atoms with Gasteiger partial charge in [-0.15, -0.1) is 6.42 Å². The number of anilines is 1. The number of terminal acetylenes is 1. The molecule has 2 aliphatic heterocycles. The molecular weight excluding hydrogens is 366 g/mol. The second-order valence-corrected chi connectivity index (χ2v) is 5.64. The van der Waals surface area contributed by atoms with Crippen molar-refractivity contribution in [3.05, 3.63) is 34.6 Å². The number of carbonyl (C=O) groups is 2. The topological polar surface area (TPSA) is 80.8 Å². The number of ether oxygens (including phenoxy) is 2. The van der Waals surface area contributed by atoms with Crippen molar-refractivity contribution in [2.75, 3.05) is 24.5 Å². The summed E-state index contributed by atoms with van der Waals surface area (Å²) >= 11 is 3.27. The SMILES string of the molecule is C#Cc1cc(N2CCNCC23OC(=O)C=CC(=O)O3)cnc1Br. The van der Waals surface area contributed by atoms with Gasteiger partial charge in [0.05, 0.1) is 24.0 Å². The number of nitrogens with one attached hydrogen (secondary N) is 1. The molecular formula is C15H12BrN3O4. The summed E-state index contributed by atoms with van der Waals surface area (Å²) in [6, 6.07) is 1.71. The van der Waals surface area contributed by atoms with Crippen LogP contribution in [0.2, 0.25) is 0 Å². The van der Waals surface area contributed by atoms with Crippen LogP contribution in [0.4, 0.5) is 5.69 Å². The first-order valence-electron chi connectivity index (χ1n) is 6.79. The Bertz CT molecular complexity index is 721. The monoisotopic (exact) mass is 377 g/mol. The lowest BCUT2D eigenvalue weighted by atomic mass is 10.2. The molecule has 0 saturated carbocycles. The minimum atomic E-state index is -1.57. The first-order valence-corrected chi connectivity index (χ1v) is 7.58. The van der Waals surface area contributed by atoms with Crippen molar-refractivity contribution >= 4 is 33.6 Å². The molecule has 0 unspecified atom stereocenters. The fourth-order valence-electron chi connectivity index (χ4n) is 2.44. The van der Waals surface area contributed by atoms with Gasteiger partial charge >= 0.3 is 17.8 Å².